The van der Waals surface area contributed by atoms with Gasteiger partial charge in [-0.3, -0.25) is 9.89 Å². The van der Waals surface area contributed by atoms with Crippen LogP contribution in [-0.2, 0) is 0 Å². The summed E-state index contributed by atoms with van der Waals surface area (Å²) in [5.41, 5.74) is 5.97. The Morgan fingerprint density at radius 1 is 1.69 bits per heavy atom. The van der Waals surface area contributed by atoms with Gasteiger partial charge in [-0.1, -0.05) is 0 Å². The summed E-state index contributed by atoms with van der Waals surface area (Å²) in [6.45, 7) is 0. The number of aromatic nitrogens is 2. The fraction of sp³-hybridized carbons (Fsp3) is 0.111. The number of amides is 1. The highest BCUT2D eigenvalue weighted by Crippen LogP contribution is 2.25. The molecule has 0 radical (unpaired) electrons. The predicted molar refractivity (Wildman–Crippen MR) is 61.8 cm³/mol. The molecule has 0 saturated carbocycles. The summed E-state index contributed by atoms with van der Waals surface area (Å²) in [7, 11) is 1.52. The van der Waals surface area contributed by atoms with Crippen LogP contribution in [0.1, 0.15) is 9.67 Å². The van der Waals surface area contributed by atoms with E-state index in [1.54, 1.807) is 11.4 Å². The van der Waals surface area contributed by atoms with E-state index < -0.39 is 0 Å². The molecule has 2 heterocycles. The minimum Gasteiger partial charge on any atom is -0.495 e. The molecule has 0 unspecified atom stereocenters. The summed E-state index contributed by atoms with van der Waals surface area (Å²) in [5.74, 6) is 0.656. The maximum absolute atomic E-state index is 11.8. The van der Waals surface area contributed by atoms with E-state index in [-0.39, 0.29) is 5.91 Å². The topological polar surface area (TPSA) is 93.0 Å². The zero-order valence-electron chi connectivity index (χ0n) is 8.48. The molecule has 0 aromatic carbocycles. The highest BCUT2D eigenvalue weighted by molar-refractivity contribution is 7.12. The second-order valence-electron chi connectivity index (χ2n) is 2.97. The first-order valence-corrected chi connectivity index (χ1v) is 5.32. The van der Waals surface area contributed by atoms with Gasteiger partial charge in [0.1, 0.15) is 10.6 Å². The average molecular weight is 238 g/mol. The third-order valence-corrected chi connectivity index (χ3v) is 2.86. The largest absolute Gasteiger partial charge is 0.495 e. The summed E-state index contributed by atoms with van der Waals surface area (Å²) < 4.78 is 5.05. The summed E-state index contributed by atoms with van der Waals surface area (Å²) in [6, 6.07) is 1.73. The van der Waals surface area contributed by atoms with Crippen molar-refractivity contribution in [2.45, 2.75) is 0 Å². The number of nitrogens with zero attached hydrogens (tertiary/aromatic N) is 1. The molecule has 0 aliphatic rings. The van der Waals surface area contributed by atoms with Crippen molar-refractivity contribution in [2.24, 2.45) is 0 Å². The number of hydrogen-bond acceptors (Lipinski definition) is 5. The van der Waals surface area contributed by atoms with E-state index in [2.05, 4.69) is 15.5 Å². The number of H-pyrrole nitrogens is 1. The fourth-order valence-corrected chi connectivity index (χ4v) is 1.94. The van der Waals surface area contributed by atoms with Crippen molar-refractivity contribution in [1.82, 2.24) is 10.2 Å². The summed E-state index contributed by atoms with van der Waals surface area (Å²) >= 11 is 1.30. The lowest BCUT2D eigenvalue weighted by atomic mass is 10.4. The van der Waals surface area contributed by atoms with Gasteiger partial charge in [0, 0.05) is 0 Å². The Labute approximate surface area is 95.4 Å². The third-order valence-electron chi connectivity index (χ3n) is 1.96. The Bertz CT molecular complexity index is 505. The van der Waals surface area contributed by atoms with Crippen LogP contribution < -0.4 is 15.8 Å². The van der Waals surface area contributed by atoms with Gasteiger partial charge in [-0.05, 0) is 11.4 Å². The van der Waals surface area contributed by atoms with Gasteiger partial charge in [0.25, 0.3) is 5.91 Å². The Morgan fingerprint density at radius 2 is 2.50 bits per heavy atom. The SMILES string of the molecule is COc1ccsc1C(=O)Nc1[nH]ncc1N. The molecule has 2 aromatic rings. The number of anilines is 2. The molecule has 0 atom stereocenters. The highest BCUT2D eigenvalue weighted by Gasteiger charge is 2.15. The third kappa shape index (κ3) is 1.84. The van der Waals surface area contributed by atoms with Crippen molar-refractivity contribution >= 4 is 28.7 Å². The first kappa shape index (κ1) is 10.5. The smallest absolute Gasteiger partial charge is 0.270 e. The Morgan fingerprint density at radius 3 is 3.12 bits per heavy atom. The minimum atomic E-state index is -0.275. The lowest BCUT2D eigenvalue weighted by Gasteiger charge is -2.03. The molecule has 0 aliphatic carbocycles. The van der Waals surface area contributed by atoms with Crippen LogP contribution in [-0.4, -0.2) is 23.2 Å². The lowest BCUT2D eigenvalue weighted by molar-refractivity contribution is 0.102. The normalized spacial score (nSPS) is 10.1. The number of nitrogens with one attached hydrogen (secondary N) is 2. The molecule has 0 spiro atoms. The number of ether oxygens (including phenoxy) is 1. The monoisotopic (exact) mass is 238 g/mol. The number of carbonyl (C=O) groups excluding carboxylic acids is 1. The van der Waals surface area contributed by atoms with Crippen molar-refractivity contribution in [1.29, 1.82) is 0 Å². The number of methoxy groups -OCH3 is 1. The molecule has 2 rings (SSSR count). The van der Waals surface area contributed by atoms with Crippen LogP contribution in [0.5, 0.6) is 5.75 Å². The Hall–Kier alpha value is -2.02. The zero-order valence-corrected chi connectivity index (χ0v) is 9.30. The maximum Gasteiger partial charge on any atom is 0.270 e. The standard InChI is InChI=1S/C9H10N4O2S/c1-15-6-2-3-16-7(6)9(14)12-8-5(10)4-11-13-8/h2-4H,10H2,1H3,(H2,11,12,13,14). The van der Waals surface area contributed by atoms with Crippen LogP contribution in [0.2, 0.25) is 0 Å². The van der Waals surface area contributed by atoms with E-state index in [9.17, 15) is 4.79 Å². The van der Waals surface area contributed by atoms with E-state index in [0.29, 0.717) is 22.1 Å². The van der Waals surface area contributed by atoms with Crippen LogP contribution in [0.3, 0.4) is 0 Å². The lowest BCUT2D eigenvalue weighted by Crippen LogP contribution is -2.12. The number of aromatic amines is 1. The molecule has 0 bridgehead atoms. The molecule has 4 N–H and O–H groups in total. The molecule has 7 heteroatoms. The summed E-state index contributed by atoms with van der Waals surface area (Å²) in [4.78, 5) is 12.3. The molecule has 0 fully saturated rings. The minimum absolute atomic E-state index is 0.275. The van der Waals surface area contributed by atoms with Gasteiger partial charge in [0.05, 0.1) is 19.0 Å². The van der Waals surface area contributed by atoms with Gasteiger partial charge in [-0.25, -0.2) is 0 Å². The van der Waals surface area contributed by atoms with Crippen molar-refractivity contribution in [3.8, 4) is 5.75 Å². The summed E-state index contributed by atoms with van der Waals surface area (Å²) in [5, 5.41) is 10.7. The number of carbonyl (C=O) groups is 1. The molecule has 0 aliphatic heterocycles. The molecule has 2 aromatic heterocycles. The van der Waals surface area contributed by atoms with Crippen LogP contribution in [0.15, 0.2) is 17.6 Å². The zero-order chi connectivity index (χ0) is 11.5. The molecular weight excluding hydrogens is 228 g/mol. The van der Waals surface area contributed by atoms with E-state index in [4.69, 9.17) is 10.5 Å². The number of rotatable bonds is 3. The average Bonchev–Trinajstić information content (AvgIpc) is 2.87. The fourth-order valence-electron chi connectivity index (χ4n) is 1.19. The van der Waals surface area contributed by atoms with Crippen LogP contribution in [0.25, 0.3) is 0 Å². The number of hydrogen-bond donors (Lipinski definition) is 3. The maximum atomic E-state index is 11.8. The van der Waals surface area contributed by atoms with Gasteiger partial charge in [-0.2, -0.15) is 5.10 Å². The molecule has 16 heavy (non-hydrogen) atoms. The van der Waals surface area contributed by atoms with E-state index >= 15 is 0 Å². The van der Waals surface area contributed by atoms with Crippen LogP contribution in [0, 0.1) is 0 Å². The predicted octanol–water partition coefficient (Wildman–Crippen LogP) is 1.31. The van der Waals surface area contributed by atoms with E-state index in [1.165, 1.54) is 24.6 Å². The molecule has 0 saturated heterocycles. The van der Waals surface area contributed by atoms with E-state index in [0.717, 1.165) is 0 Å². The number of nitrogens with two attached hydrogens (primary N) is 1. The second kappa shape index (κ2) is 4.23. The van der Waals surface area contributed by atoms with Gasteiger partial charge in [0.2, 0.25) is 0 Å². The van der Waals surface area contributed by atoms with E-state index in [1.807, 2.05) is 0 Å². The van der Waals surface area contributed by atoms with Crippen molar-refractivity contribution in [2.75, 3.05) is 18.2 Å². The van der Waals surface area contributed by atoms with Gasteiger partial charge in [-0.15, -0.1) is 11.3 Å². The second-order valence-corrected chi connectivity index (χ2v) is 3.89. The number of thiophene rings is 1. The van der Waals surface area contributed by atoms with Crippen molar-refractivity contribution in [3.63, 3.8) is 0 Å². The van der Waals surface area contributed by atoms with Gasteiger partial charge in [0.15, 0.2) is 5.82 Å². The summed E-state index contributed by atoms with van der Waals surface area (Å²) in [6.07, 6.45) is 1.43. The molecule has 84 valence electrons. The quantitative estimate of drug-likeness (QED) is 0.751. The van der Waals surface area contributed by atoms with Gasteiger partial charge < -0.3 is 15.8 Å². The molecular formula is C9H10N4O2S. The Kier molecular flexibility index (Phi) is 2.78. The highest BCUT2D eigenvalue weighted by atomic mass is 32.1. The number of nitrogen functional groups attached to an aromatic ring is 1. The molecule has 6 nitrogen and oxygen atoms in total. The van der Waals surface area contributed by atoms with Crippen LogP contribution in [0.4, 0.5) is 11.5 Å². The molecule has 1 amide bonds. The van der Waals surface area contributed by atoms with Crippen molar-refractivity contribution < 1.29 is 9.53 Å². The first-order valence-electron chi connectivity index (χ1n) is 4.44. The van der Waals surface area contributed by atoms with Crippen molar-refractivity contribution in [3.05, 3.63) is 22.5 Å². The first-order chi connectivity index (χ1) is 7.72. The van der Waals surface area contributed by atoms with Gasteiger partial charge >= 0.3 is 0 Å². The Balaban J connectivity index is 2.18. The van der Waals surface area contributed by atoms with Crippen LogP contribution >= 0.6 is 11.3 Å².